The topological polar surface area (TPSA) is 102 Å². The minimum absolute atomic E-state index is 0.0994. The van der Waals surface area contributed by atoms with Crippen LogP contribution in [0.15, 0.2) is 45.8 Å². The lowest BCUT2D eigenvalue weighted by Crippen LogP contribution is -2.46. The largest absolute Gasteiger partial charge is 0.490 e. The molecule has 0 amide bonds. The van der Waals surface area contributed by atoms with Crippen molar-refractivity contribution in [2.75, 3.05) is 13.2 Å². The number of aliphatic hydroxyl groups is 1. The van der Waals surface area contributed by atoms with Gasteiger partial charge in [-0.1, -0.05) is 12.1 Å². The van der Waals surface area contributed by atoms with Crippen molar-refractivity contribution < 1.29 is 22.7 Å². The van der Waals surface area contributed by atoms with E-state index in [4.69, 9.17) is 9.88 Å². The second kappa shape index (κ2) is 9.53. The highest BCUT2D eigenvalue weighted by Crippen LogP contribution is 2.26. The van der Waals surface area contributed by atoms with E-state index in [0.717, 1.165) is 16.1 Å². The molecule has 0 unspecified atom stereocenters. The zero-order chi connectivity index (χ0) is 21.8. The molecule has 0 heterocycles. The molecule has 0 saturated carbocycles. The van der Waals surface area contributed by atoms with Crippen molar-refractivity contribution in [3.63, 3.8) is 0 Å². The van der Waals surface area contributed by atoms with Gasteiger partial charge in [-0.25, -0.2) is 17.9 Å². The summed E-state index contributed by atoms with van der Waals surface area (Å²) >= 11 is 3.43. The van der Waals surface area contributed by atoms with Gasteiger partial charge in [-0.05, 0) is 78.5 Å². The first-order valence-corrected chi connectivity index (χ1v) is 11.3. The summed E-state index contributed by atoms with van der Waals surface area (Å²) in [5, 5.41) is 18.4. The Hall–Kier alpha value is -1.52. The number of sulfonamides is 1. The van der Waals surface area contributed by atoms with Gasteiger partial charge in [-0.3, -0.25) is 0 Å². The molecular formula is C20H26BrFN2O4S. The molecule has 2 aromatic rings. The molecule has 6 nitrogen and oxygen atoms in total. The SMILES string of the molecule is Cc1ccc(OC[C@@H](O)CNC(C)(C)Cc2ccc(S(N)(=O)=O)cc2F)c(Br)c1. The number of nitrogens with two attached hydrogens (primary N) is 1. The summed E-state index contributed by atoms with van der Waals surface area (Å²) in [6, 6.07) is 9.29. The van der Waals surface area contributed by atoms with Crippen molar-refractivity contribution in [1.29, 1.82) is 0 Å². The smallest absolute Gasteiger partial charge is 0.238 e. The van der Waals surface area contributed by atoms with Gasteiger partial charge in [0.15, 0.2) is 0 Å². The first kappa shape index (κ1) is 23.8. The van der Waals surface area contributed by atoms with E-state index in [9.17, 15) is 17.9 Å². The van der Waals surface area contributed by atoms with E-state index in [1.807, 2.05) is 39.0 Å². The van der Waals surface area contributed by atoms with Crippen LogP contribution in [0.3, 0.4) is 0 Å². The highest BCUT2D eigenvalue weighted by Gasteiger charge is 2.22. The molecule has 0 aliphatic rings. The first-order valence-electron chi connectivity index (χ1n) is 9.01. The number of halogens is 2. The number of nitrogens with one attached hydrogen (secondary N) is 1. The second-order valence-electron chi connectivity index (χ2n) is 7.64. The zero-order valence-electron chi connectivity index (χ0n) is 16.6. The van der Waals surface area contributed by atoms with Crippen LogP contribution in [-0.4, -0.2) is 38.3 Å². The maximum atomic E-state index is 14.3. The summed E-state index contributed by atoms with van der Waals surface area (Å²) in [7, 11) is -3.95. The van der Waals surface area contributed by atoms with Crippen LogP contribution in [0.4, 0.5) is 4.39 Å². The molecule has 1 atom stereocenters. The third-order valence-corrected chi connectivity index (χ3v) is 5.85. The Morgan fingerprint density at radius 3 is 2.55 bits per heavy atom. The van der Waals surface area contributed by atoms with E-state index in [0.29, 0.717) is 17.7 Å². The van der Waals surface area contributed by atoms with Gasteiger partial charge in [0.25, 0.3) is 0 Å². The fourth-order valence-electron chi connectivity index (χ4n) is 2.75. The molecule has 4 N–H and O–H groups in total. The number of ether oxygens (including phenoxy) is 1. The minimum Gasteiger partial charge on any atom is -0.490 e. The van der Waals surface area contributed by atoms with Gasteiger partial charge in [0.05, 0.1) is 9.37 Å². The van der Waals surface area contributed by atoms with E-state index in [-0.39, 0.29) is 18.0 Å². The molecule has 0 spiro atoms. The average Bonchev–Trinajstić information content (AvgIpc) is 2.60. The lowest BCUT2D eigenvalue weighted by atomic mass is 9.94. The van der Waals surface area contributed by atoms with Crippen LogP contribution in [0.1, 0.15) is 25.0 Å². The molecule has 0 aliphatic heterocycles. The number of primary sulfonamides is 1. The van der Waals surface area contributed by atoms with E-state index >= 15 is 0 Å². The van der Waals surface area contributed by atoms with E-state index in [1.165, 1.54) is 12.1 Å². The number of β-amino-alcohol motifs (C(OH)–C–C–N with tert-alkyl or cyclic N) is 1. The van der Waals surface area contributed by atoms with Crippen LogP contribution in [-0.2, 0) is 16.4 Å². The second-order valence-corrected chi connectivity index (χ2v) is 10.1. The van der Waals surface area contributed by atoms with Crippen molar-refractivity contribution >= 4 is 26.0 Å². The van der Waals surface area contributed by atoms with Crippen molar-refractivity contribution in [2.24, 2.45) is 5.14 Å². The highest BCUT2D eigenvalue weighted by atomic mass is 79.9. The van der Waals surface area contributed by atoms with Crippen molar-refractivity contribution in [3.8, 4) is 5.75 Å². The number of hydrogen-bond donors (Lipinski definition) is 3. The monoisotopic (exact) mass is 488 g/mol. The van der Waals surface area contributed by atoms with Crippen molar-refractivity contribution in [2.45, 2.75) is 43.7 Å². The number of hydrogen-bond acceptors (Lipinski definition) is 5. The van der Waals surface area contributed by atoms with Gasteiger partial charge < -0.3 is 15.2 Å². The van der Waals surface area contributed by atoms with Gasteiger partial charge in [-0.15, -0.1) is 0 Å². The molecule has 29 heavy (non-hydrogen) atoms. The van der Waals surface area contributed by atoms with Crippen LogP contribution >= 0.6 is 15.9 Å². The van der Waals surface area contributed by atoms with E-state index < -0.39 is 27.5 Å². The van der Waals surface area contributed by atoms with Crippen molar-refractivity contribution in [3.05, 3.63) is 57.8 Å². The molecule has 0 aromatic heterocycles. The molecule has 0 radical (unpaired) electrons. The molecule has 2 rings (SSSR count). The van der Waals surface area contributed by atoms with Crippen molar-refractivity contribution in [1.82, 2.24) is 5.32 Å². The van der Waals surface area contributed by atoms with Gasteiger partial charge >= 0.3 is 0 Å². The molecule has 160 valence electrons. The predicted octanol–water partition coefficient (Wildman–Crippen LogP) is 2.89. The molecule has 0 bridgehead atoms. The summed E-state index contributed by atoms with van der Waals surface area (Å²) < 4.78 is 43.3. The van der Waals surface area contributed by atoms with Crippen LogP contribution in [0.5, 0.6) is 5.75 Å². The lowest BCUT2D eigenvalue weighted by molar-refractivity contribution is 0.0984. The molecular weight excluding hydrogens is 463 g/mol. The maximum Gasteiger partial charge on any atom is 0.238 e. The fraction of sp³-hybridized carbons (Fsp3) is 0.400. The quantitative estimate of drug-likeness (QED) is 0.503. The van der Waals surface area contributed by atoms with Gasteiger partial charge in [-0.2, -0.15) is 0 Å². The van der Waals surface area contributed by atoms with Crippen LogP contribution in [0, 0.1) is 12.7 Å². The Balaban J connectivity index is 1.90. The lowest BCUT2D eigenvalue weighted by Gasteiger charge is -2.28. The van der Waals surface area contributed by atoms with Crippen LogP contribution in [0.2, 0.25) is 0 Å². The summed E-state index contributed by atoms with van der Waals surface area (Å²) in [5.74, 6) is 0.00503. The molecule has 9 heteroatoms. The molecule has 0 fully saturated rings. The number of aryl methyl sites for hydroxylation is 1. The average molecular weight is 489 g/mol. The highest BCUT2D eigenvalue weighted by molar-refractivity contribution is 9.10. The Kier molecular flexibility index (Phi) is 7.80. The summed E-state index contributed by atoms with van der Waals surface area (Å²) in [6.07, 6.45) is -0.474. The number of aliphatic hydroxyl groups excluding tert-OH is 1. The summed E-state index contributed by atoms with van der Waals surface area (Å²) in [4.78, 5) is -0.264. The Morgan fingerprint density at radius 2 is 1.97 bits per heavy atom. The normalized spacial score (nSPS) is 13.3. The Bertz CT molecular complexity index is 967. The van der Waals surface area contributed by atoms with Crippen LogP contribution in [0.25, 0.3) is 0 Å². The first-order chi connectivity index (χ1) is 13.4. The Morgan fingerprint density at radius 1 is 1.28 bits per heavy atom. The number of rotatable bonds is 9. The minimum atomic E-state index is -3.95. The standard InChI is InChI=1S/C20H26BrFN2O4S/c1-13-4-7-19(17(21)8-13)28-12-15(25)11-24-20(2,3)10-14-5-6-16(9-18(14)22)29(23,26)27/h4-9,15,24-25H,10-12H2,1-3H3,(H2,23,26,27)/t15-/m0/s1. The predicted molar refractivity (Wildman–Crippen MR) is 114 cm³/mol. The molecule has 0 aliphatic carbocycles. The van der Waals surface area contributed by atoms with Gasteiger partial charge in [0, 0.05) is 12.1 Å². The molecule has 0 saturated heterocycles. The number of benzene rings is 2. The Labute approximate surface area is 179 Å². The molecule has 2 aromatic carbocycles. The van der Waals surface area contributed by atoms with Gasteiger partial charge in [0.2, 0.25) is 10.0 Å². The van der Waals surface area contributed by atoms with Crippen LogP contribution < -0.4 is 15.2 Å². The summed E-state index contributed by atoms with van der Waals surface area (Å²) in [5.41, 5.74) is 0.900. The fourth-order valence-corrected chi connectivity index (χ4v) is 3.88. The summed E-state index contributed by atoms with van der Waals surface area (Å²) in [6.45, 7) is 6.05. The third-order valence-electron chi connectivity index (χ3n) is 4.32. The third kappa shape index (κ3) is 7.35. The zero-order valence-corrected chi connectivity index (χ0v) is 19.0. The van der Waals surface area contributed by atoms with E-state index in [2.05, 4.69) is 21.2 Å². The van der Waals surface area contributed by atoms with E-state index in [1.54, 1.807) is 0 Å². The maximum absolute atomic E-state index is 14.3. The van der Waals surface area contributed by atoms with Gasteiger partial charge in [0.1, 0.15) is 24.3 Å².